The van der Waals surface area contributed by atoms with Crippen molar-refractivity contribution in [2.45, 2.75) is 19.8 Å². The number of benzene rings is 1. The number of carbonyl (C=O) groups is 1. The van der Waals surface area contributed by atoms with Gasteiger partial charge in [-0.3, -0.25) is 4.79 Å². The van der Waals surface area contributed by atoms with Crippen molar-refractivity contribution in [1.29, 1.82) is 0 Å². The quantitative estimate of drug-likeness (QED) is 0.752. The second-order valence-electron chi connectivity index (χ2n) is 3.41. The molecule has 0 radical (unpaired) electrons. The summed E-state index contributed by atoms with van der Waals surface area (Å²) >= 11 is 3.09. The highest BCUT2D eigenvalue weighted by molar-refractivity contribution is 9.10. The zero-order valence-corrected chi connectivity index (χ0v) is 10.7. The number of hydrogen-bond acceptors (Lipinski definition) is 2. The van der Waals surface area contributed by atoms with Crippen LogP contribution in [0.5, 0.6) is 0 Å². The number of halogens is 2. The first-order chi connectivity index (χ1) is 7.63. The number of hydrogen-bond donors (Lipinski definition) is 0. The molecule has 0 atom stereocenters. The molecule has 4 heteroatoms. The fourth-order valence-corrected chi connectivity index (χ4v) is 1.72. The van der Waals surface area contributed by atoms with Gasteiger partial charge in [-0.05, 0) is 40.5 Å². The molecule has 0 saturated carbocycles. The first kappa shape index (κ1) is 13.3. The molecule has 1 aromatic carbocycles. The van der Waals surface area contributed by atoms with Crippen LogP contribution in [0.3, 0.4) is 0 Å². The van der Waals surface area contributed by atoms with Crippen molar-refractivity contribution < 1.29 is 13.9 Å². The normalized spacial score (nSPS) is 10.4. The van der Waals surface area contributed by atoms with Crippen LogP contribution in [0, 0.1) is 5.82 Å². The van der Waals surface area contributed by atoms with Gasteiger partial charge >= 0.3 is 0 Å². The average molecular weight is 289 g/mol. The molecule has 0 aromatic heterocycles. The number of rotatable bonds is 6. The molecule has 1 aromatic rings. The first-order valence-electron chi connectivity index (χ1n) is 5.17. The molecule has 0 N–H and O–H groups in total. The Bertz CT molecular complexity index is 366. The highest BCUT2D eigenvalue weighted by Crippen LogP contribution is 2.17. The molecular formula is C12H14BrFO2. The maximum Gasteiger partial charge on any atom is 0.139 e. The Balaban J connectivity index is 2.46. The smallest absolute Gasteiger partial charge is 0.139 e. The summed E-state index contributed by atoms with van der Waals surface area (Å²) in [6.45, 7) is 2.97. The molecule has 16 heavy (non-hydrogen) atoms. The van der Waals surface area contributed by atoms with Gasteiger partial charge in [0.25, 0.3) is 0 Å². The van der Waals surface area contributed by atoms with Crippen LogP contribution in [0.1, 0.15) is 18.9 Å². The van der Waals surface area contributed by atoms with Gasteiger partial charge in [0.2, 0.25) is 0 Å². The average Bonchev–Trinajstić information content (AvgIpc) is 2.24. The standard InChI is InChI=1S/C12H14BrFO2/c1-2-16-6-5-10(15)7-9-3-4-12(14)11(13)8-9/h3-4,8H,2,5-7H2,1H3. The minimum absolute atomic E-state index is 0.104. The van der Waals surface area contributed by atoms with Gasteiger partial charge in [0.05, 0.1) is 11.1 Å². The second kappa shape index (κ2) is 6.76. The van der Waals surface area contributed by atoms with Crippen LogP contribution in [0.15, 0.2) is 22.7 Å². The van der Waals surface area contributed by atoms with E-state index in [0.717, 1.165) is 5.56 Å². The van der Waals surface area contributed by atoms with Crippen LogP contribution in [-0.4, -0.2) is 19.0 Å². The summed E-state index contributed by atoms with van der Waals surface area (Å²) in [5, 5.41) is 0. The van der Waals surface area contributed by atoms with E-state index in [1.807, 2.05) is 6.92 Å². The SMILES string of the molecule is CCOCCC(=O)Cc1ccc(F)c(Br)c1. The Hall–Kier alpha value is -0.740. The minimum atomic E-state index is -0.314. The molecule has 0 fully saturated rings. The molecule has 0 aliphatic carbocycles. The van der Waals surface area contributed by atoms with Crippen molar-refractivity contribution in [3.63, 3.8) is 0 Å². The van der Waals surface area contributed by atoms with Gasteiger partial charge in [-0.1, -0.05) is 6.07 Å². The van der Waals surface area contributed by atoms with Crippen molar-refractivity contribution in [2.24, 2.45) is 0 Å². The van der Waals surface area contributed by atoms with E-state index >= 15 is 0 Å². The van der Waals surface area contributed by atoms with Crippen LogP contribution in [0.4, 0.5) is 4.39 Å². The monoisotopic (exact) mass is 288 g/mol. The van der Waals surface area contributed by atoms with Gasteiger partial charge in [0, 0.05) is 19.4 Å². The summed E-state index contributed by atoms with van der Waals surface area (Å²) in [5.74, 6) is -0.211. The van der Waals surface area contributed by atoms with Gasteiger partial charge < -0.3 is 4.74 Å². The summed E-state index contributed by atoms with van der Waals surface area (Å²) < 4.78 is 18.4. The van der Waals surface area contributed by atoms with Gasteiger partial charge in [0.15, 0.2) is 0 Å². The summed E-state index contributed by atoms with van der Waals surface area (Å²) in [6, 6.07) is 4.61. The summed E-state index contributed by atoms with van der Waals surface area (Å²) in [7, 11) is 0. The van der Waals surface area contributed by atoms with Gasteiger partial charge in [-0.15, -0.1) is 0 Å². The number of ether oxygens (including phenoxy) is 1. The molecular weight excluding hydrogens is 275 g/mol. The van der Waals surface area contributed by atoms with E-state index in [1.54, 1.807) is 12.1 Å². The van der Waals surface area contributed by atoms with Crippen LogP contribution in [0.25, 0.3) is 0 Å². The molecule has 0 saturated heterocycles. The van der Waals surface area contributed by atoms with E-state index in [4.69, 9.17) is 4.74 Å². The van der Waals surface area contributed by atoms with E-state index < -0.39 is 0 Å². The van der Waals surface area contributed by atoms with E-state index in [9.17, 15) is 9.18 Å². The molecule has 0 aliphatic heterocycles. The largest absolute Gasteiger partial charge is 0.381 e. The highest BCUT2D eigenvalue weighted by Gasteiger charge is 2.06. The summed E-state index contributed by atoms with van der Waals surface area (Å²) in [4.78, 5) is 11.5. The summed E-state index contributed by atoms with van der Waals surface area (Å²) in [5.41, 5.74) is 0.815. The molecule has 1 rings (SSSR count). The molecule has 88 valence electrons. The van der Waals surface area contributed by atoms with Gasteiger partial charge in [0.1, 0.15) is 11.6 Å². The fraction of sp³-hybridized carbons (Fsp3) is 0.417. The Morgan fingerprint density at radius 2 is 2.25 bits per heavy atom. The maximum atomic E-state index is 12.9. The highest BCUT2D eigenvalue weighted by atomic mass is 79.9. The van der Waals surface area contributed by atoms with Crippen LogP contribution >= 0.6 is 15.9 Å². The van der Waals surface area contributed by atoms with Crippen LogP contribution in [-0.2, 0) is 16.0 Å². The lowest BCUT2D eigenvalue weighted by Crippen LogP contribution is -2.07. The maximum absolute atomic E-state index is 12.9. The van der Waals surface area contributed by atoms with Crippen molar-refractivity contribution in [1.82, 2.24) is 0 Å². The van der Waals surface area contributed by atoms with E-state index in [1.165, 1.54) is 6.07 Å². The number of Topliss-reactive ketones (excluding diaryl/α,β-unsaturated/α-hetero) is 1. The van der Waals surface area contributed by atoms with Crippen LogP contribution in [0.2, 0.25) is 0 Å². The molecule has 2 nitrogen and oxygen atoms in total. The van der Waals surface area contributed by atoms with E-state index in [2.05, 4.69) is 15.9 Å². The fourth-order valence-electron chi connectivity index (χ4n) is 1.30. The molecule has 0 bridgehead atoms. The summed E-state index contributed by atoms with van der Waals surface area (Å²) in [6.07, 6.45) is 0.731. The Labute approximate surface area is 103 Å². The van der Waals surface area contributed by atoms with Crippen molar-refractivity contribution >= 4 is 21.7 Å². The third-order valence-corrected chi connectivity index (χ3v) is 2.72. The van der Waals surface area contributed by atoms with Gasteiger partial charge in [-0.2, -0.15) is 0 Å². The third-order valence-electron chi connectivity index (χ3n) is 2.11. The van der Waals surface area contributed by atoms with Crippen molar-refractivity contribution in [3.05, 3.63) is 34.1 Å². The molecule has 0 amide bonds. The lowest BCUT2D eigenvalue weighted by atomic mass is 10.1. The van der Waals surface area contributed by atoms with Crippen molar-refractivity contribution in [3.8, 4) is 0 Å². The molecule has 0 spiro atoms. The Kier molecular flexibility index (Phi) is 5.63. The number of ketones is 1. The zero-order valence-electron chi connectivity index (χ0n) is 9.13. The molecule has 0 unspecified atom stereocenters. The molecule has 0 aliphatic rings. The lowest BCUT2D eigenvalue weighted by molar-refractivity contribution is -0.119. The Morgan fingerprint density at radius 1 is 1.50 bits per heavy atom. The predicted octanol–water partition coefficient (Wildman–Crippen LogP) is 3.13. The minimum Gasteiger partial charge on any atom is -0.381 e. The topological polar surface area (TPSA) is 26.3 Å². The van der Waals surface area contributed by atoms with E-state index in [0.29, 0.717) is 30.5 Å². The predicted molar refractivity (Wildman–Crippen MR) is 63.9 cm³/mol. The number of carbonyl (C=O) groups excluding carboxylic acids is 1. The van der Waals surface area contributed by atoms with Crippen LogP contribution < -0.4 is 0 Å². The second-order valence-corrected chi connectivity index (χ2v) is 4.27. The van der Waals surface area contributed by atoms with E-state index in [-0.39, 0.29) is 11.6 Å². The van der Waals surface area contributed by atoms with Crippen molar-refractivity contribution in [2.75, 3.05) is 13.2 Å². The zero-order chi connectivity index (χ0) is 12.0. The Morgan fingerprint density at radius 3 is 2.88 bits per heavy atom. The third kappa shape index (κ3) is 4.41. The first-order valence-corrected chi connectivity index (χ1v) is 5.96. The molecule has 0 heterocycles. The lowest BCUT2D eigenvalue weighted by Gasteiger charge is -2.03. The van der Waals surface area contributed by atoms with Gasteiger partial charge in [-0.25, -0.2) is 4.39 Å².